The first-order valence-corrected chi connectivity index (χ1v) is 6.61. The van der Waals surface area contributed by atoms with Crippen LogP contribution in [0.2, 0.25) is 0 Å². The van der Waals surface area contributed by atoms with Gasteiger partial charge in [-0.1, -0.05) is 12.2 Å². The van der Waals surface area contributed by atoms with Crippen LogP contribution in [0.25, 0.3) is 5.69 Å². The minimum Gasteiger partial charge on any atom is -0.326 e. The Morgan fingerprint density at radius 1 is 1.35 bits per heavy atom. The molecule has 1 N–H and O–H groups in total. The van der Waals surface area contributed by atoms with Gasteiger partial charge in [-0.2, -0.15) is 0 Å². The summed E-state index contributed by atoms with van der Waals surface area (Å²) >= 11 is 0. The summed E-state index contributed by atoms with van der Waals surface area (Å²) in [7, 11) is 0. The van der Waals surface area contributed by atoms with E-state index in [0.717, 1.165) is 24.2 Å². The van der Waals surface area contributed by atoms with Crippen LogP contribution < -0.4 is 5.32 Å². The van der Waals surface area contributed by atoms with Crippen molar-refractivity contribution >= 4 is 11.6 Å². The van der Waals surface area contributed by atoms with Crippen LogP contribution in [-0.4, -0.2) is 26.1 Å². The number of amides is 1. The fourth-order valence-corrected chi connectivity index (χ4v) is 2.29. The van der Waals surface area contributed by atoms with Gasteiger partial charge in [-0.15, -0.1) is 5.10 Å². The Morgan fingerprint density at radius 2 is 2.20 bits per heavy atom. The van der Waals surface area contributed by atoms with Gasteiger partial charge < -0.3 is 5.32 Å². The molecule has 3 rings (SSSR count). The van der Waals surface area contributed by atoms with E-state index in [1.807, 2.05) is 24.3 Å². The Bertz CT molecular complexity index is 603. The average molecular weight is 269 g/mol. The molecule has 6 heteroatoms. The second-order valence-electron chi connectivity index (χ2n) is 4.82. The molecule has 1 aromatic heterocycles. The summed E-state index contributed by atoms with van der Waals surface area (Å²) in [6.07, 6.45) is 8.49. The Morgan fingerprint density at radius 3 is 2.85 bits per heavy atom. The zero-order valence-electron chi connectivity index (χ0n) is 10.9. The number of benzene rings is 1. The summed E-state index contributed by atoms with van der Waals surface area (Å²) in [6.45, 7) is 0. The topological polar surface area (TPSA) is 72.7 Å². The normalized spacial score (nSPS) is 17.3. The Balaban J connectivity index is 1.60. The standard InChI is InChI=1S/C14H15N5O/c20-14(9-11-3-1-2-4-11)16-12-5-7-13(8-6-12)19-10-15-17-18-19/h1,3,5-8,10-11H,2,4,9H2,(H,16,20)/t11-/m0/s1. The number of tetrazole rings is 1. The van der Waals surface area contributed by atoms with E-state index in [0.29, 0.717) is 12.3 Å². The number of hydrogen-bond acceptors (Lipinski definition) is 4. The second kappa shape index (κ2) is 5.64. The number of allylic oxidation sites excluding steroid dienone is 2. The van der Waals surface area contributed by atoms with Gasteiger partial charge in [0.15, 0.2) is 0 Å². The molecule has 1 aliphatic carbocycles. The third kappa shape index (κ3) is 2.90. The molecule has 0 aliphatic heterocycles. The van der Waals surface area contributed by atoms with Crippen LogP contribution in [0.1, 0.15) is 19.3 Å². The van der Waals surface area contributed by atoms with E-state index < -0.39 is 0 Å². The van der Waals surface area contributed by atoms with Crippen LogP contribution in [0.5, 0.6) is 0 Å². The van der Waals surface area contributed by atoms with E-state index in [9.17, 15) is 4.79 Å². The number of nitrogens with one attached hydrogen (secondary N) is 1. The third-order valence-corrected chi connectivity index (χ3v) is 3.32. The van der Waals surface area contributed by atoms with Gasteiger partial charge in [0.1, 0.15) is 6.33 Å². The molecule has 0 bridgehead atoms. The van der Waals surface area contributed by atoms with Gasteiger partial charge in [0.25, 0.3) is 0 Å². The lowest BCUT2D eigenvalue weighted by Gasteiger charge is -2.09. The van der Waals surface area contributed by atoms with E-state index in [2.05, 4.69) is 33.0 Å². The van der Waals surface area contributed by atoms with Crippen LogP contribution in [0.3, 0.4) is 0 Å². The average Bonchev–Trinajstić information content (AvgIpc) is 3.12. The number of anilines is 1. The lowest BCUT2D eigenvalue weighted by molar-refractivity contribution is -0.116. The lowest BCUT2D eigenvalue weighted by Crippen LogP contribution is -2.14. The van der Waals surface area contributed by atoms with E-state index >= 15 is 0 Å². The quantitative estimate of drug-likeness (QED) is 0.861. The van der Waals surface area contributed by atoms with Crippen molar-refractivity contribution in [3.8, 4) is 5.69 Å². The summed E-state index contributed by atoms with van der Waals surface area (Å²) in [4.78, 5) is 11.9. The fourth-order valence-electron chi connectivity index (χ4n) is 2.29. The highest BCUT2D eigenvalue weighted by atomic mass is 16.1. The highest BCUT2D eigenvalue weighted by Gasteiger charge is 2.13. The molecule has 1 aromatic carbocycles. The van der Waals surface area contributed by atoms with E-state index in [1.54, 1.807) is 4.68 Å². The molecule has 0 saturated carbocycles. The highest BCUT2D eigenvalue weighted by molar-refractivity contribution is 5.91. The molecule has 2 aromatic rings. The molecule has 1 atom stereocenters. The van der Waals surface area contributed by atoms with Crippen LogP contribution in [0.15, 0.2) is 42.7 Å². The number of carbonyl (C=O) groups excluding carboxylic acids is 1. The smallest absolute Gasteiger partial charge is 0.224 e. The number of aromatic nitrogens is 4. The van der Waals surface area contributed by atoms with Crippen molar-refractivity contribution in [1.29, 1.82) is 0 Å². The molecular formula is C14H15N5O. The predicted octanol–water partition coefficient (Wildman–Crippen LogP) is 1.96. The van der Waals surface area contributed by atoms with Gasteiger partial charge in [0.05, 0.1) is 5.69 Å². The monoisotopic (exact) mass is 269 g/mol. The zero-order chi connectivity index (χ0) is 13.8. The first-order chi connectivity index (χ1) is 9.81. The first-order valence-electron chi connectivity index (χ1n) is 6.61. The van der Waals surface area contributed by atoms with E-state index in [1.165, 1.54) is 6.33 Å². The molecule has 0 fully saturated rings. The zero-order valence-corrected chi connectivity index (χ0v) is 10.9. The molecule has 1 heterocycles. The molecule has 1 aliphatic rings. The van der Waals surface area contributed by atoms with Crippen molar-refractivity contribution in [2.75, 3.05) is 5.32 Å². The molecule has 0 spiro atoms. The van der Waals surface area contributed by atoms with Crippen LogP contribution in [0.4, 0.5) is 5.69 Å². The van der Waals surface area contributed by atoms with Crippen molar-refractivity contribution in [3.63, 3.8) is 0 Å². The summed E-state index contributed by atoms with van der Waals surface area (Å²) in [5.41, 5.74) is 1.64. The van der Waals surface area contributed by atoms with Gasteiger partial charge in [-0.25, -0.2) is 4.68 Å². The van der Waals surface area contributed by atoms with Gasteiger partial charge in [-0.3, -0.25) is 4.79 Å². The largest absolute Gasteiger partial charge is 0.326 e. The van der Waals surface area contributed by atoms with E-state index in [-0.39, 0.29) is 5.91 Å². The maximum absolute atomic E-state index is 11.9. The maximum atomic E-state index is 11.9. The predicted molar refractivity (Wildman–Crippen MR) is 74.3 cm³/mol. The molecule has 20 heavy (non-hydrogen) atoms. The van der Waals surface area contributed by atoms with Crippen LogP contribution in [0, 0.1) is 5.92 Å². The first kappa shape index (κ1) is 12.5. The summed E-state index contributed by atoms with van der Waals surface area (Å²) < 4.78 is 1.56. The second-order valence-corrected chi connectivity index (χ2v) is 4.82. The number of carbonyl (C=O) groups is 1. The minimum absolute atomic E-state index is 0.0525. The van der Waals surface area contributed by atoms with Crippen LogP contribution in [-0.2, 0) is 4.79 Å². The summed E-state index contributed by atoms with van der Waals surface area (Å²) in [6, 6.07) is 7.42. The van der Waals surface area contributed by atoms with Crippen molar-refractivity contribution in [2.24, 2.45) is 5.92 Å². The fraction of sp³-hybridized carbons (Fsp3) is 0.286. The molecule has 6 nitrogen and oxygen atoms in total. The number of hydrogen-bond donors (Lipinski definition) is 1. The Hall–Kier alpha value is -2.50. The maximum Gasteiger partial charge on any atom is 0.224 e. The van der Waals surface area contributed by atoms with Crippen molar-refractivity contribution in [2.45, 2.75) is 19.3 Å². The molecule has 0 radical (unpaired) electrons. The number of nitrogens with zero attached hydrogens (tertiary/aromatic N) is 4. The van der Waals surface area contributed by atoms with Gasteiger partial charge in [-0.05, 0) is 53.5 Å². The molecule has 0 unspecified atom stereocenters. The number of rotatable bonds is 4. The molecule has 0 saturated heterocycles. The summed E-state index contributed by atoms with van der Waals surface area (Å²) in [5, 5.41) is 13.9. The molecular weight excluding hydrogens is 254 g/mol. The lowest BCUT2D eigenvalue weighted by atomic mass is 10.1. The van der Waals surface area contributed by atoms with E-state index in [4.69, 9.17) is 0 Å². The van der Waals surface area contributed by atoms with Crippen LogP contribution >= 0.6 is 0 Å². The minimum atomic E-state index is 0.0525. The van der Waals surface area contributed by atoms with Crippen molar-refractivity contribution < 1.29 is 4.79 Å². The van der Waals surface area contributed by atoms with Gasteiger partial charge >= 0.3 is 0 Å². The molecule has 1 amide bonds. The van der Waals surface area contributed by atoms with Crippen molar-refractivity contribution in [3.05, 3.63) is 42.7 Å². The third-order valence-electron chi connectivity index (χ3n) is 3.32. The SMILES string of the molecule is O=C(C[C@H]1C=CCC1)Nc1ccc(-n2cnnn2)cc1. The summed E-state index contributed by atoms with van der Waals surface area (Å²) in [5.74, 6) is 0.437. The highest BCUT2D eigenvalue weighted by Crippen LogP contribution is 2.21. The Kier molecular flexibility index (Phi) is 3.54. The van der Waals surface area contributed by atoms with Crippen molar-refractivity contribution in [1.82, 2.24) is 20.2 Å². The van der Waals surface area contributed by atoms with Gasteiger partial charge in [0.2, 0.25) is 5.91 Å². The molecule has 102 valence electrons. The Labute approximate surface area is 116 Å². The van der Waals surface area contributed by atoms with Gasteiger partial charge in [0, 0.05) is 12.1 Å².